The maximum Gasteiger partial charge on any atom is 0.335 e. The number of rotatable bonds is 7. The summed E-state index contributed by atoms with van der Waals surface area (Å²) < 4.78 is 5.31. The highest BCUT2D eigenvalue weighted by molar-refractivity contribution is 5.87. The quantitative estimate of drug-likeness (QED) is 0.472. The van der Waals surface area contributed by atoms with Crippen LogP contribution in [0, 0.1) is 12.3 Å². The van der Waals surface area contributed by atoms with Crippen molar-refractivity contribution in [2.75, 3.05) is 0 Å². The summed E-state index contributed by atoms with van der Waals surface area (Å²) in [5.41, 5.74) is 0.564. The molecule has 4 nitrogen and oxygen atoms in total. The molecular formula is C19H22O4. The smallest absolute Gasteiger partial charge is 0.335 e. The SMILES string of the molecule is C#CC(C/C=C/C(=O)OC(C)(C)CC)c1ccc(C(=O)O)cc1. The van der Waals surface area contributed by atoms with E-state index >= 15 is 0 Å². The molecule has 23 heavy (non-hydrogen) atoms. The lowest BCUT2D eigenvalue weighted by Crippen LogP contribution is -2.25. The zero-order chi connectivity index (χ0) is 17.5. The first-order valence-corrected chi connectivity index (χ1v) is 7.48. The molecule has 122 valence electrons. The van der Waals surface area contributed by atoms with Crippen molar-refractivity contribution in [1.29, 1.82) is 0 Å². The lowest BCUT2D eigenvalue weighted by Gasteiger charge is -2.22. The van der Waals surface area contributed by atoms with Gasteiger partial charge in [0.1, 0.15) is 5.60 Å². The molecule has 1 aromatic carbocycles. The molecule has 0 saturated carbocycles. The van der Waals surface area contributed by atoms with Gasteiger partial charge in [-0.05, 0) is 44.4 Å². The monoisotopic (exact) mass is 314 g/mol. The van der Waals surface area contributed by atoms with E-state index in [0.29, 0.717) is 6.42 Å². The summed E-state index contributed by atoms with van der Waals surface area (Å²) in [6, 6.07) is 6.42. The summed E-state index contributed by atoms with van der Waals surface area (Å²) >= 11 is 0. The number of hydrogen-bond acceptors (Lipinski definition) is 3. The zero-order valence-electron chi connectivity index (χ0n) is 13.7. The van der Waals surface area contributed by atoms with Gasteiger partial charge in [-0.3, -0.25) is 0 Å². The Morgan fingerprint density at radius 2 is 1.96 bits per heavy atom. The van der Waals surface area contributed by atoms with Crippen molar-refractivity contribution in [3.8, 4) is 12.3 Å². The van der Waals surface area contributed by atoms with Crippen LogP contribution in [0.5, 0.6) is 0 Å². The first-order valence-electron chi connectivity index (χ1n) is 7.48. The van der Waals surface area contributed by atoms with E-state index in [4.69, 9.17) is 16.3 Å². The Hall–Kier alpha value is -2.54. The third kappa shape index (κ3) is 5.99. The van der Waals surface area contributed by atoms with Gasteiger partial charge in [0, 0.05) is 12.0 Å². The molecule has 1 atom stereocenters. The second kappa shape index (κ2) is 8.19. The van der Waals surface area contributed by atoms with Crippen LogP contribution in [0.25, 0.3) is 0 Å². The molecule has 0 heterocycles. The molecule has 4 heteroatoms. The van der Waals surface area contributed by atoms with Crippen LogP contribution in [0.1, 0.15) is 55.5 Å². The molecular weight excluding hydrogens is 292 g/mol. The average molecular weight is 314 g/mol. The Kier molecular flexibility index (Phi) is 6.59. The van der Waals surface area contributed by atoms with E-state index in [1.807, 2.05) is 20.8 Å². The van der Waals surface area contributed by atoms with Gasteiger partial charge in [-0.1, -0.05) is 31.1 Å². The Morgan fingerprint density at radius 3 is 2.43 bits per heavy atom. The second-order valence-electron chi connectivity index (χ2n) is 5.82. The molecule has 0 aliphatic heterocycles. The Balaban J connectivity index is 2.67. The maximum absolute atomic E-state index is 11.7. The van der Waals surface area contributed by atoms with Crippen LogP contribution in [0.3, 0.4) is 0 Å². The van der Waals surface area contributed by atoms with Crippen molar-refractivity contribution in [1.82, 2.24) is 0 Å². The molecule has 0 radical (unpaired) electrons. The molecule has 1 N–H and O–H groups in total. The largest absolute Gasteiger partial charge is 0.478 e. The minimum Gasteiger partial charge on any atom is -0.478 e. The summed E-state index contributed by atoms with van der Waals surface area (Å²) in [5, 5.41) is 8.88. The predicted molar refractivity (Wildman–Crippen MR) is 89.2 cm³/mol. The van der Waals surface area contributed by atoms with Gasteiger partial charge >= 0.3 is 11.9 Å². The van der Waals surface area contributed by atoms with Gasteiger partial charge in [-0.2, -0.15) is 0 Å². The lowest BCUT2D eigenvalue weighted by molar-refractivity contribution is -0.150. The first kappa shape index (κ1) is 18.5. The van der Waals surface area contributed by atoms with Crippen LogP contribution in [0.4, 0.5) is 0 Å². The molecule has 0 bridgehead atoms. The number of carbonyl (C=O) groups excluding carboxylic acids is 1. The van der Waals surface area contributed by atoms with Crippen LogP contribution >= 0.6 is 0 Å². The van der Waals surface area contributed by atoms with Gasteiger partial charge in [-0.25, -0.2) is 9.59 Å². The predicted octanol–water partition coefficient (Wildman–Crippen LogP) is 3.78. The third-order valence-electron chi connectivity index (χ3n) is 3.62. The Labute approximate surface area is 137 Å². The molecule has 0 aromatic heterocycles. The van der Waals surface area contributed by atoms with Gasteiger partial charge < -0.3 is 9.84 Å². The van der Waals surface area contributed by atoms with Crippen molar-refractivity contribution >= 4 is 11.9 Å². The molecule has 0 fully saturated rings. The van der Waals surface area contributed by atoms with E-state index in [1.54, 1.807) is 18.2 Å². The maximum atomic E-state index is 11.7. The minimum absolute atomic E-state index is 0.213. The highest BCUT2D eigenvalue weighted by Crippen LogP contribution is 2.20. The number of hydrogen-bond donors (Lipinski definition) is 1. The van der Waals surface area contributed by atoms with Crippen molar-refractivity contribution in [3.63, 3.8) is 0 Å². The lowest BCUT2D eigenvalue weighted by atomic mass is 9.95. The van der Waals surface area contributed by atoms with E-state index < -0.39 is 17.5 Å². The molecule has 0 spiro atoms. The van der Waals surface area contributed by atoms with E-state index in [2.05, 4.69) is 5.92 Å². The van der Waals surface area contributed by atoms with Crippen LogP contribution in [0.15, 0.2) is 36.4 Å². The summed E-state index contributed by atoms with van der Waals surface area (Å²) in [6.45, 7) is 5.66. The molecule has 1 aromatic rings. The number of carbonyl (C=O) groups is 2. The fraction of sp³-hybridized carbons (Fsp3) is 0.368. The highest BCUT2D eigenvalue weighted by Gasteiger charge is 2.18. The summed E-state index contributed by atoms with van der Waals surface area (Å²) in [4.78, 5) is 22.6. The van der Waals surface area contributed by atoms with E-state index in [1.165, 1.54) is 18.2 Å². The zero-order valence-corrected chi connectivity index (χ0v) is 13.7. The van der Waals surface area contributed by atoms with E-state index in [-0.39, 0.29) is 11.5 Å². The summed E-state index contributed by atoms with van der Waals surface area (Å²) in [5.74, 6) is 1.06. The van der Waals surface area contributed by atoms with Crippen molar-refractivity contribution in [3.05, 3.63) is 47.5 Å². The number of allylic oxidation sites excluding steroid dienone is 1. The molecule has 0 saturated heterocycles. The minimum atomic E-state index is -0.977. The second-order valence-corrected chi connectivity index (χ2v) is 5.82. The van der Waals surface area contributed by atoms with Crippen LogP contribution in [-0.2, 0) is 9.53 Å². The van der Waals surface area contributed by atoms with Gasteiger partial charge in [0.25, 0.3) is 0 Å². The molecule has 0 aliphatic carbocycles. The number of aromatic carboxylic acids is 1. The van der Waals surface area contributed by atoms with Crippen LogP contribution < -0.4 is 0 Å². The van der Waals surface area contributed by atoms with E-state index in [9.17, 15) is 9.59 Å². The summed E-state index contributed by atoms with van der Waals surface area (Å²) in [7, 11) is 0. The van der Waals surface area contributed by atoms with Crippen LogP contribution in [-0.4, -0.2) is 22.6 Å². The number of benzene rings is 1. The van der Waals surface area contributed by atoms with Crippen LogP contribution in [0.2, 0.25) is 0 Å². The third-order valence-corrected chi connectivity index (χ3v) is 3.62. The van der Waals surface area contributed by atoms with E-state index in [0.717, 1.165) is 12.0 Å². The number of esters is 1. The van der Waals surface area contributed by atoms with Crippen molar-refractivity contribution < 1.29 is 19.4 Å². The standard InChI is InChI=1S/C19H22O4/c1-5-14(15-10-12-16(13-11-15)18(21)22)8-7-9-17(20)23-19(3,4)6-2/h1,7,9-14H,6,8H2,2-4H3,(H,21,22)/b9-7+. The molecule has 1 unspecified atom stereocenters. The van der Waals surface area contributed by atoms with Gasteiger partial charge in [0.15, 0.2) is 0 Å². The van der Waals surface area contributed by atoms with Gasteiger partial charge in [0.2, 0.25) is 0 Å². The average Bonchev–Trinajstić information content (AvgIpc) is 2.51. The first-order chi connectivity index (χ1) is 10.8. The molecule has 0 aliphatic rings. The number of carboxylic acids is 1. The normalized spacial score (nSPS) is 12.6. The van der Waals surface area contributed by atoms with Gasteiger partial charge in [0.05, 0.1) is 5.56 Å². The highest BCUT2D eigenvalue weighted by atomic mass is 16.6. The Morgan fingerprint density at radius 1 is 1.35 bits per heavy atom. The number of terminal acetylenes is 1. The Bertz CT molecular complexity index is 618. The van der Waals surface area contributed by atoms with Crippen molar-refractivity contribution in [2.45, 2.75) is 45.1 Å². The topological polar surface area (TPSA) is 63.6 Å². The number of ether oxygens (including phenoxy) is 1. The van der Waals surface area contributed by atoms with Crippen molar-refractivity contribution in [2.24, 2.45) is 0 Å². The summed E-state index contributed by atoms with van der Waals surface area (Å²) in [6.07, 6.45) is 9.80. The number of carboxylic acid groups (broad SMARTS) is 1. The van der Waals surface area contributed by atoms with Gasteiger partial charge in [-0.15, -0.1) is 6.42 Å². The fourth-order valence-corrected chi connectivity index (χ4v) is 1.84. The molecule has 0 amide bonds. The fourth-order valence-electron chi connectivity index (χ4n) is 1.84. The molecule has 1 rings (SSSR count).